The standard InChI is InChI=1S/C18H23F3N4O3S/c1-5-28-16-12(26-3)6-11(7-13(16)27-4)8-23-17(22-2)24-9-15-25-14(10-29-15)18(19,20)21/h6-7,10H,5,8-9H2,1-4H3,(H2,22,23,24). The summed E-state index contributed by atoms with van der Waals surface area (Å²) in [6.45, 7) is 2.83. The average molecular weight is 432 g/mol. The van der Waals surface area contributed by atoms with Gasteiger partial charge in [-0.05, 0) is 24.6 Å². The summed E-state index contributed by atoms with van der Waals surface area (Å²) in [5.74, 6) is 2.01. The van der Waals surface area contributed by atoms with Crippen LogP contribution in [-0.4, -0.2) is 38.8 Å². The van der Waals surface area contributed by atoms with Crippen molar-refractivity contribution >= 4 is 17.3 Å². The molecule has 0 radical (unpaired) electrons. The number of guanidine groups is 1. The molecule has 0 atom stereocenters. The number of aliphatic imine (C=N–C) groups is 1. The van der Waals surface area contributed by atoms with Crippen molar-refractivity contribution in [3.8, 4) is 17.2 Å². The Morgan fingerprint density at radius 3 is 2.24 bits per heavy atom. The molecule has 0 amide bonds. The number of hydrogen-bond acceptors (Lipinski definition) is 6. The van der Waals surface area contributed by atoms with E-state index in [1.165, 1.54) is 14.2 Å². The zero-order chi connectivity index (χ0) is 21.4. The number of nitrogens with zero attached hydrogens (tertiary/aromatic N) is 2. The van der Waals surface area contributed by atoms with Crippen LogP contribution in [0.25, 0.3) is 0 Å². The van der Waals surface area contributed by atoms with Crippen molar-refractivity contribution < 1.29 is 27.4 Å². The number of alkyl halides is 3. The third kappa shape index (κ3) is 6.14. The molecule has 0 aliphatic heterocycles. The molecule has 0 fully saturated rings. The van der Waals surface area contributed by atoms with Gasteiger partial charge < -0.3 is 24.8 Å². The molecule has 0 spiro atoms. The van der Waals surface area contributed by atoms with E-state index in [1.54, 1.807) is 7.05 Å². The number of halogens is 3. The fraction of sp³-hybridized carbons (Fsp3) is 0.444. The van der Waals surface area contributed by atoms with E-state index in [4.69, 9.17) is 14.2 Å². The van der Waals surface area contributed by atoms with Crippen molar-refractivity contribution in [2.24, 2.45) is 4.99 Å². The van der Waals surface area contributed by atoms with E-state index in [0.717, 1.165) is 22.3 Å². The molecule has 0 bridgehead atoms. The lowest BCUT2D eigenvalue weighted by Crippen LogP contribution is -2.36. The highest BCUT2D eigenvalue weighted by Gasteiger charge is 2.33. The van der Waals surface area contributed by atoms with Crippen LogP contribution in [0.5, 0.6) is 17.2 Å². The number of methoxy groups -OCH3 is 2. The Labute approximate surface area is 170 Å². The molecule has 11 heteroatoms. The SMILES string of the molecule is CCOc1c(OC)cc(CNC(=NC)NCc2nc(C(F)(F)F)cs2)cc1OC. The quantitative estimate of drug-likeness (QED) is 0.492. The summed E-state index contributed by atoms with van der Waals surface area (Å²) in [5.41, 5.74) is -0.0467. The Bertz CT molecular complexity index is 815. The molecule has 160 valence electrons. The molecular weight excluding hydrogens is 409 g/mol. The van der Waals surface area contributed by atoms with Gasteiger partial charge in [0, 0.05) is 19.0 Å². The minimum atomic E-state index is -4.44. The van der Waals surface area contributed by atoms with Gasteiger partial charge in [-0.1, -0.05) is 0 Å². The summed E-state index contributed by atoms with van der Waals surface area (Å²) in [6, 6.07) is 3.62. The number of benzene rings is 1. The number of ether oxygens (including phenoxy) is 3. The molecule has 2 aromatic rings. The molecule has 1 aromatic carbocycles. The van der Waals surface area contributed by atoms with Crippen LogP contribution < -0.4 is 24.8 Å². The minimum absolute atomic E-state index is 0.121. The Kier molecular flexibility index (Phi) is 7.94. The van der Waals surface area contributed by atoms with E-state index in [0.29, 0.717) is 41.4 Å². The lowest BCUT2D eigenvalue weighted by atomic mass is 10.2. The molecule has 2 N–H and O–H groups in total. The first kappa shape index (κ1) is 22.6. The predicted molar refractivity (Wildman–Crippen MR) is 105 cm³/mol. The Balaban J connectivity index is 2.01. The summed E-state index contributed by atoms with van der Waals surface area (Å²) in [4.78, 5) is 7.65. The van der Waals surface area contributed by atoms with Gasteiger partial charge in [0.2, 0.25) is 5.75 Å². The van der Waals surface area contributed by atoms with Crippen molar-refractivity contribution in [2.75, 3.05) is 27.9 Å². The molecule has 0 saturated carbocycles. The van der Waals surface area contributed by atoms with E-state index < -0.39 is 11.9 Å². The van der Waals surface area contributed by atoms with Crippen LogP contribution in [0.2, 0.25) is 0 Å². The van der Waals surface area contributed by atoms with E-state index in [9.17, 15) is 13.2 Å². The molecule has 0 saturated heterocycles. The first-order valence-electron chi connectivity index (χ1n) is 8.66. The fourth-order valence-electron chi connectivity index (χ4n) is 2.41. The second-order valence-electron chi connectivity index (χ2n) is 5.67. The first-order chi connectivity index (χ1) is 13.8. The topological polar surface area (TPSA) is 77.0 Å². The number of rotatable bonds is 8. The van der Waals surface area contributed by atoms with Crippen LogP contribution in [-0.2, 0) is 19.3 Å². The van der Waals surface area contributed by atoms with E-state index >= 15 is 0 Å². The van der Waals surface area contributed by atoms with Crippen LogP contribution in [0.4, 0.5) is 13.2 Å². The van der Waals surface area contributed by atoms with Gasteiger partial charge in [-0.2, -0.15) is 13.2 Å². The normalized spacial score (nSPS) is 11.9. The van der Waals surface area contributed by atoms with E-state index in [2.05, 4.69) is 20.6 Å². The maximum atomic E-state index is 12.6. The second-order valence-corrected chi connectivity index (χ2v) is 6.61. The number of aromatic nitrogens is 1. The molecule has 0 unspecified atom stereocenters. The lowest BCUT2D eigenvalue weighted by Gasteiger charge is -2.16. The van der Waals surface area contributed by atoms with Crippen molar-refractivity contribution in [1.82, 2.24) is 15.6 Å². The van der Waals surface area contributed by atoms with Crippen LogP contribution in [0, 0.1) is 0 Å². The number of hydrogen-bond donors (Lipinski definition) is 2. The van der Waals surface area contributed by atoms with Gasteiger partial charge in [0.15, 0.2) is 23.2 Å². The zero-order valence-corrected chi connectivity index (χ0v) is 17.3. The summed E-state index contributed by atoms with van der Waals surface area (Å²) >= 11 is 0.936. The molecule has 1 aromatic heterocycles. The van der Waals surface area contributed by atoms with Crippen LogP contribution in [0.1, 0.15) is 23.2 Å². The molecule has 0 aliphatic carbocycles. The zero-order valence-electron chi connectivity index (χ0n) is 16.5. The van der Waals surface area contributed by atoms with Gasteiger partial charge in [-0.25, -0.2) is 4.98 Å². The Morgan fingerprint density at radius 1 is 1.14 bits per heavy atom. The lowest BCUT2D eigenvalue weighted by molar-refractivity contribution is -0.140. The summed E-state index contributed by atoms with van der Waals surface area (Å²) < 4.78 is 54.2. The van der Waals surface area contributed by atoms with Gasteiger partial charge in [-0.3, -0.25) is 4.99 Å². The van der Waals surface area contributed by atoms with Crippen LogP contribution >= 0.6 is 11.3 Å². The van der Waals surface area contributed by atoms with Crippen molar-refractivity contribution in [3.63, 3.8) is 0 Å². The average Bonchev–Trinajstić information content (AvgIpc) is 3.18. The highest BCUT2D eigenvalue weighted by molar-refractivity contribution is 7.09. The third-order valence-corrected chi connectivity index (χ3v) is 4.59. The highest BCUT2D eigenvalue weighted by Crippen LogP contribution is 2.38. The smallest absolute Gasteiger partial charge is 0.434 e. The van der Waals surface area contributed by atoms with Crippen molar-refractivity contribution in [2.45, 2.75) is 26.2 Å². The molecular formula is C18H23F3N4O3S. The fourth-order valence-corrected chi connectivity index (χ4v) is 3.15. The van der Waals surface area contributed by atoms with Crippen molar-refractivity contribution in [1.29, 1.82) is 0 Å². The van der Waals surface area contributed by atoms with Crippen LogP contribution in [0.3, 0.4) is 0 Å². The van der Waals surface area contributed by atoms with Gasteiger partial charge in [0.1, 0.15) is 5.01 Å². The van der Waals surface area contributed by atoms with Crippen molar-refractivity contribution in [3.05, 3.63) is 33.8 Å². The molecule has 29 heavy (non-hydrogen) atoms. The molecule has 2 rings (SSSR count). The number of thiazole rings is 1. The summed E-state index contributed by atoms with van der Waals surface area (Å²) in [7, 11) is 4.65. The number of nitrogens with one attached hydrogen (secondary N) is 2. The van der Waals surface area contributed by atoms with Gasteiger partial charge in [-0.15, -0.1) is 11.3 Å². The van der Waals surface area contributed by atoms with Gasteiger partial charge >= 0.3 is 6.18 Å². The van der Waals surface area contributed by atoms with E-state index in [1.807, 2.05) is 19.1 Å². The molecule has 1 heterocycles. The van der Waals surface area contributed by atoms with Gasteiger partial charge in [0.25, 0.3) is 0 Å². The summed E-state index contributed by atoms with van der Waals surface area (Å²) in [6.07, 6.45) is -4.44. The van der Waals surface area contributed by atoms with Gasteiger partial charge in [0.05, 0.1) is 27.4 Å². The Morgan fingerprint density at radius 2 is 1.76 bits per heavy atom. The largest absolute Gasteiger partial charge is 0.493 e. The maximum absolute atomic E-state index is 12.6. The summed E-state index contributed by atoms with van der Waals surface area (Å²) in [5, 5.41) is 7.33. The third-order valence-electron chi connectivity index (χ3n) is 3.74. The minimum Gasteiger partial charge on any atom is -0.493 e. The molecule has 7 nitrogen and oxygen atoms in total. The Hall–Kier alpha value is -2.69. The monoisotopic (exact) mass is 432 g/mol. The molecule has 0 aliphatic rings. The maximum Gasteiger partial charge on any atom is 0.434 e. The van der Waals surface area contributed by atoms with Crippen LogP contribution in [0.15, 0.2) is 22.5 Å². The predicted octanol–water partition coefficient (Wildman–Crippen LogP) is 3.44. The second kappa shape index (κ2) is 10.2. The van der Waals surface area contributed by atoms with E-state index in [-0.39, 0.29) is 6.54 Å². The first-order valence-corrected chi connectivity index (χ1v) is 9.54. The highest BCUT2D eigenvalue weighted by atomic mass is 32.1.